The van der Waals surface area contributed by atoms with E-state index in [4.69, 9.17) is 16.0 Å². The fourth-order valence-electron chi connectivity index (χ4n) is 3.78. The predicted molar refractivity (Wildman–Crippen MR) is 109 cm³/mol. The maximum absolute atomic E-state index is 12.3. The molecule has 0 spiro atoms. The van der Waals surface area contributed by atoms with E-state index in [1.54, 1.807) is 0 Å². The molecule has 1 aliphatic rings. The molecule has 1 N–H and O–H groups in total. The molecule has 4 nitrogen and oxygen atoms in total. The quantitative estimate of drug-likeness (QED) is 0.551. The fraction of sp³-hybridized carbons (Fsp3) is 0.364. The summed E-state index contributed by atoms with van der Waals surface area (Å²) in [5, 5.41) is 3.62. The zero-order valence-electron chi connectivity index (χ0n) is 15.2. The Morgan fingerprint density at radius 3 is 2.81 bits per heavy atom. The molecule has 1 amide bonds. The Morgan fingerprint density at radius 1 is 1.15 bits per heavy atom. The van der Waals surface area contributed by atoms with Crippen LogP contribution in [-0.2, 0) is 4.79 Å². The molecule has 0 bridgehead atoms. The molecule has 140 valence electrons. The van der Waals surface area contributed by atoms with Crippen LogP contribution in [0.15, 0.2) is 46.9 Å². The van der Waals surface area contributed by atoms with Crippen LogP contribution in [0.25, 0.3) is 22.6 Å². The summed E-state index contributed by atoms with van der Waals surface area (Å²) in [6.07, 6.45) is 8.05. The third kappa shape index (κ3) is 4.51. The van der Waals surface area contributed by atoms with Crippen LogP contribution in [0.5, 0.6) is 0 Å². The number of carbonyl (C=O) groups excluding carboxylic acids is 1. The van der Waals surface area contributed by atoms with Gasteiger partial charge in [0.25, 0.3) is 0 Å². The summed E-state index contributed by atoms with van der Waals surface area (Å²) in [6, 6.07) is 13.0. The lowest BCUT2D eigenvalue weighted by molar-refractivity contribution is -0.116. The van der Waals surface area contributed by atoms with E-state index in [0.29, 0.717) is 28.8 Å². The van der Waals surface area contributed by atoms with Crippen molar-refractivity contribution in [2.75, 3.05) is 5.32 Å². The lowest BCUT2D eigenvalue weighted by atomic mass is 9.86. The zero-order valence-corrected chi connectivity index (χ0v) is 16.0. The van der Waals surface area contributed by atoms with Crippen molar-refractivity contribution in [3.8, 4) is 11.5 Å². The maximum Gasteiger partial charge on any atom is 0.227 e. The Hall–Kier alpha value is -2.33. The maximum atomic E-state index is 12.3. The third-order valence-corrected chi connectivity index (χ3v) is 5.48. The number of nitrogens with zero attached hydrogens (tertiary/aromatic N) is 1. The van der Waals surface area contributed by atoms with Gasteiger partial charge in [-0.25, -0.2) is 4.98 Å². The molecular weight excluding hydrogens is 360 g/mol. The van der Waals surface area contributed by atoms with Crippen LogP contribution >= 0.6 is 11.6 Å². The number of hydrogen-bond acceptors (Lipinski definition) is 3. The first-order chi connectivity index (χ1) is 13.2. The van der Waals surface area contributed by atoms with Gasteiger partial charge in [0.05, 0.1) is 0 Å². The number of halogens is 1. The number of oxazole rings is 1. The molecule has 0 saturated heterocycles. The van der Waals surface area contributed by atoms with Crippen LogP contribution in [0.3, 0.4) is 0 Å². The average molecular weight is 383 g/mol. The zero-order chi connectivity index (χ0) is 18.6. The number of benzene rings is 2. The van der Waals surface area contributed by atoms with Crippen molar-refractivity contribution in [3.05, 3.63) is 47.5 Å². The summed E-state index contributed by atoms with van der Waals surface area (Å²) in [5.41, 5.74) is 2.97. The first-order valence-electron chi connectivity index (χ1n) is 9.64. The number of aromatic nitrogens is 1. The molecule has 1 aromatic heterocycles. The largest absolute Gasteiger partial charge is 0.436 e. The van der Waals surface area contributed by atoms with Crippen molar-refractivity contribution in [3.63, 3.8) is 0 Å². The van der Waals surface area contributed by atoms with Crippen LogP contribution in [0, 0.1) is 5.92 Å². The molecule has 0 aliphatic heterocycles. The Morgan fingerprint density at radius 2 is 2.00 bits per heavy atom. The van der Waals surface area contributed by atoms with Gasteiger partial charge in [-0.1, -0.05) is 49.8 Å². The number of hydrogen-bond donors (Lipinski definition) is 1. The molecule has 1 saturated carbocycles. The third-order valence-electron chi connectivity index (χ3n) is 5.25. The molecule has 27 heavy (non-hydrogen) atoms. The summed E-state index contributed by atoms with van der Waals surface area (Å²) in [6.45, 7) is 0. The number of anilines is 1. The number of fused-ring (bicyclic) bond motifs is 1. The number of carbonyl (C=O) groups is 1. The normalized spacial score (nSPS) is 15.1. The second kappa shape index (κ2) is 8.13. The lowest BCUT2D eigenvalue weighted by Gasteiger charge is -2.20. The number of nitrogens with one attached hydrogen (secondary N) is 1. The second-order valence-electron chi connectivity index (χ2n) is 7.30. The lowest BCUT2D eigenvalue weighted by Crippen LogP contribution is -2.14. The van der Waals surface area contributed by atoms with Crippen LogP contribution < -0.4 is 5.32 Å². The molecular formula is C22H23ClN2O2. The predicted octanol–water partition coefficient (Wildman–Crippen LogP) is 6.45. The summed E-state index contributed by atoms with van der Waals surface area (Å²) in [5.74, 6) is 1.30. The highest BCUT2D eigenvalue weighted by Gasteiger charge is 2.15. The highest BCUT2D eigenvalue weighted by atomic mass is 35.5. The van der Waals surface area contributed by atoms with Crippen LogP contribution in [0.2, 0.25) is 5.02 Å². The minimum Gasteiger partial charge on any atom is -0.436 e. The van der Waals surface area contributed by atoms with Gasteiger partial charge in [-0.3, -0.25) is 4.79 Å². The average Bonchev–Trinajstić information content (AvgIpc) is 3.11. The molecule has 4 rings (SSSR count). The van der Waals surface area contributed by atoms with Crippen LogP contribution in [0.1, 0.15) is 44.9 Å². The van der Waals surface area contributed by atoms with Crippen molar-refractivity contribution < 1.29 is 9.21 Å². The monoisotopic (exact) mass is 382 g/mol. The van der Waals surface area contributed by atoms with Crippen molar-refractivity contribution in [2.45, 2.75) is 44.9 Å². The van der Waals surface area contributed by atoms with E-state index >= 15 is 0 Å². The van der Waals surface area contributed by atoms with E-state index in [1.807, 2.05) is 42.5 Å². The van der Waals surface area contributed by atoms with Crippen LogP contribution in [-0.4, -0.2) is 10.9 Å². The summed E-state index contributed by atoms with van der Waals surface area (Å²) in [7, 11) is 0. The molecule has 2 aromatic carbocycles. The van der Waals surface area contributed by atoms with E-state index in [-0.39, 0.29) is 5.91 Å². The molecule has 0 radical (unpaired) electrons. The Labute approximate surface area is 163 Å². The highest BCUT2D eigenvalue weighted by Crippen LogP contribution is 2.29. The van der Waals surface area contributed by atoms with Gasteiger partial charge in [-0.05, 0) is 42.7 Å². The van der Waals surface area contributed by atoms with Gasteiger partial charge < -0.3 is 9.73 Å². The van der Waals surface area contributed by atoms with E-state index in [0.717, 1.165) is 23.2 Å². The van der Waals surface area contributed by atoms with E-state index in [1.165, 1.54) is 32.1 Å². The van der Waals surface area contributed by atoms with Gasteiger partial charge in [0.2, 0.25) is 11.8 Å². The Bertz CT molecular complexity index is 944. The summed E-state index contributed by atoms with van der Waals surface area (Å²) in [4.78, 5) is 16.8. The van der Waals surface area contributed by atoms with Gasteiger partial charge >= 0.3 is 0 Å². The van der Waals surface area contributed by atoms with Gasteiger partial charge in [-0.15, -0.1) is 0 Å². The topological polar surface area (TPSA) is 55.1 Å². The highest BCUT2D eigenvalue weighted by molar-refractivity contribution is 6.30. The van der Waals surface area contributed by atoms with Crippen molar-refractivity contribution in [1.82, 2.24) is 4.98 Å². The molecule has 0 unspecified atom stereocenters. The van der Waals surface area contributed by atoms with Gasteiger partial charge in [0.15, 0.2) is 5.58 Å². The van der Waals surface area contributed by atoms with E-state index < -0.39 is 0 Å². The van der Waals surface area contributed by atoms with Crippen molar-refractivity contribution >= 4 is 34.3 Å². The molecule has 5 heteroatoms. The first-order valence-corrected chi connectivity index (χ1v) is 10.0. The molecule has 1 aliphatic carbocycles. The smallest absolute Gasteiger partial charge is 0.227 e. The molecule has 1 heterocycles. The summed E-state index contributed by atoms with van der Waals surface area (Å²) >= 11 is 6.04. The fourth-order valence-corrected chi connectivity index (χ4v) is 3.97. The SMILES string of the molecule is O=C(CCC1CCCCC1)Nc1ccc2nc(-c3cccc(Cl)c3)oc2c1. The van der Waals surface area contributed by atoms with Gasteiger partial charge in [0, 0.05) is 28.8 Å². The number of amides is 1. The molecule has 0 atom stereocenters. The molecule has 1 fully saturated rings. The first kappa shape index (κ1) is 18.1. The van der Waals surface area contributed by atoms with Gasteiger partial charge in [-0.2, -0.15) is 0 Å². The second-order valence-corrected chi connectivity index (χ2v) is 7.74. The number of rotatable bonds is 5. The minimum atomic E-state index is 0.0644. The Kier molecular flexibility index (Phi) is 5.44. The van der Waals surface area contributed by atoms with Crippen molar-refractivity contribution in [2.24, 2.45) is 5.92 Å². The van der Waals surface area contributed by atoms with Crippen LogP contribution in [0.4, 0.5) is 5.69 Å². The van der Waals surface area contributed by atoms with E-state index in [9.17, 15) is 4.79 Å². The van der Waals surface area contributed by atoms with Gasteiger partial charge in [0.1, 0.15) is 5.52 Å². The summed E-state index contributed by atoms with van der Waals surface area (Å²) < 4.78 is 5.87. The minimum absolute atomic E-state index is 0.0644. The molecule has 3 aromatic rings. The van der Waals surface area contributed by atoms with E-state index in [2.05, 4.69) is 10.3 Å². The Balaban J connectivity index is 1.42. The standard InChI is InChI=1S/C22H23ClN2O2/c23-17-8-4-7-16(13-17)22-25-19-11-10-18(14-20(19)27-22)24-21(26)12-9-15-5-2-1-3-6-15/h4,7-8,10-11,13-15H,1-3,5-6,9,12H2,(H,24,26). The van der Waals surface area contributed by atoms with Crippen molar-refractivity contribution in [1.29, 1.82) is 0 Å².